The second-order valence-corrected chi connectivity index (χ2v) is 5.89. The first-order valence-electron chi connectivity index (χ1n) is 7.40. The summed E-state index contributed by atoms with van der Waals surface area (Å²) < 4.78 is 0. The molecule has 98 valence electrons. The fourth-order valence-electron chi connectivity index (χ4n) is 2.81. The molecule has 2 aliphatic rings. The Labute approximate surface area is 110 Å². The van der Waals surface area contributed by atoms with Crippen LogP contribution in [0.4, 0.5) is 0 Å². The van der Waals surface area contributed by atoms with Crippen molar-refractivity contribution in [1.82, 2.24) is 10.2 Å². The van der Waals surface area contributed by atoms with Gasteiger partial charge in [-0.3, -0.25) is 4.90 Å². The highest BCUT2D eigenvalue weighted by molar-refractivity contribution is 5.14. The van der Waals surface area contributed by atoms with Crippen molar-refractivity contribution in [2.45, 2.75) is 38.3 Å². The Kier molecular flexibility index (Phi) is 3.96. The van der Waals surface area contributed by atoms with E-state index in [1.165, 1.54) is 50.9 Å². The van der Waals surface area contributed by atoms with E-state index in [4.69, 9.17) is 0 Å². The van der Waals surface area contributed by atoms with Crippen molar-refractivity contribution in [1.29, 1.82) is 0 Å². The molecular formula is C16H24N2. The topological polar surface area (TPSA) is 15.3 Å². The van der Waals surface area contributed by atoms with Gasteiger partial charge in [0, 0.05) is 12.6 Å². The second-order valence-electron chi connectivity index (χ2n) is 5.89. The van der Waals surface area contributed by atoms with Gasteiger partial charge in [-0.25, -0.2) is 0 Å². The van der Waals surface area contributed by atoms with E-state index in [1.807, 2.05) is 0 Å². The van der Waals surface area contributed by atoms with E-state index < -0.39 is 0 Å². The minimum Gasteiger partial charge on any atom is -0.314 e. The SMILES string of the molecule is c1ccc(CN2CCC(CNC3CC3)CC2)cc1. The average Bonchev–Trinajstić information content (AvgIpc) is 3.23. The normalized spacial score (nSPS) is 22.2. The van der Waals surface area contributed by atoms with Crippen LogP contribution in [0, 0.1) is 5.92 Å². The van der Waals surface area contributed by atoms with Gasteiger partial charge in [0.15, 0.2) is 0 Å². The van der Waals surface area contributed by atoms with Crippen LogP contribution in [-0.2, 0) is 6.54 Å². The smallest absolute Gasteiger partial charge is 0.0233 e. The Balaban J connectivity index is 1.39. The number of hydrogen-bond acceptors (Lipinski definition) is 2. The molecule has 1 aliphatic heterocycles. The molecule has 0 unspecified atom stereocenters. The predicted octanol–water partition coefficient (Wildman–Crippen LogP) is 2.65. The van der Waals surface area contributed by atoms with Crippen molar-refractivity contribution in [2.75, 3.05) is 19.6 Å². The van der Waals surface area contributed by atoms with Gasteiger partial charge in [-0.05, 0) is 56.8 Å². The maximum Gasteiger partial charge on any atom is 0.0233 e. The molecule has 1 aromatic carbocycles. The molecule has 2 nitrogen and oxygen atoms in total. The van der Waals surface area contributed by atoms with Crippen molar-refractivity contribution in [3.8, 4) is 0 Å². The van der Waals surface area contributed by atoms with Crippen LogP contribution in [0.1, 0.15) is 31.2 Å². The van der Waals surface area contributed by atoms with Gasteiger partial charge in [-0.1, -0.05) is 30.3 Å². The van der Waals surface area contributed by atoms with Crippen LogP contribution >= 0.6 is 0 Å². The molecule has 1 saturated carbocycles. The van der Waals surface area contributed by atoms with Crippen molar-refractivity contribution in [2.24, 2.45) is 5.92 Å². The summed E-state index contributed by atoms with van der Waals surface area (Å²) in [5.41, 5.74) is 1.45. The largest absolute Gasteiger partial charge is 0.314 e. The van der Waals surface area contributed by atoms with Crippen LogP contribution in [0.3, 0.4) is 0 Å². The molecule has 1 N–H and O–H groups in total. The summed E-state index contributed by atoms with van der Waals surface area (Å²) in [6, 6.07) is 11.7. The van der Waals surface area contributed by atoms with Gasteiger partial charge in [0.05, 0.1) is 0 Å². The number of hydrogen-bond donors (Lipinski definition) is 1. The van der Waals surface area contributed by atoms with E-state index >= 15 is 0 Å². The maximum absolute atomic E-state index is 3.67. The fourth-order valence-corrected chi connectivity index (χ4v) is 2.81. The van der Waals surface area contributed by atoms with Gasteiger partial charge in [-0.15, -0.1) is 0 Å². The van der Waals surface area contributed by atoms with Crippen LogP contribution in [0.2, 0.25) is 0 Å². The third-order valence-corrected chi connectivity index (χ3v) is 4.23. The third-order valence-electron chi connectivity index (χ3n) is 4.23. The number of rotatable bonds is 5. The molecule has 2 fully saturated rings. The minimum absolute atomic E-state index is 0.868. The Morgan fingerprint density at radius 3 is 2.39 bits per heavy atom. The van der Waals surface area contributed by atoms with Crippen LogP contribution in [0.5, 0.6) is 0 Å². The van der Waals surface area contributed by atoms with Crippen molar-refractivity contribution >= 4 is 0 Å². The van der Waals surface area contributed by atoms with E-state index in [2.05, 4.69) is 40.5 Å². The van der Waals surface area contributed by atoms with Gasteiger partial charge < -0.3 is 5.32 Å². The van der Waals surface area contributed by atoms with E-state index in [9.17, 15) is 0 Å². The van der Waals surface area contributed by atoms with Crippen LogP contribution in [-0.4, -0.2) is 30.6 Å². The van der Waals surface area contributed by atoms with E-state index in [1.54, 1.807) is 0 Å². The van der Waals surface area contributed by atoms with Crippen molar-refractivity contribution in [3.05, 3.63) is 35.9 Å². The van der Waals surface area contributed by atoms with Gasteiger partial charge in [0.1, 0.15) is 0 Å². The highest BCUT2D eigenvalue weighted by atomic mass is 15.1. The molecule has 0 radical (unpaired) electrons. The zero-order valence-electron chi connectivity index (χ0n) is 11.1. The molecule has 0 aromatic heterocycles. The molecule has 0 spiro atoms. The van der Waals surface area contributed by atoms with Gasteiger partial charge in [0.25, 0.3) is 0 Å². The predicted molar refractivity (Wildman–Crippen MR) is 75.5 cm³/mol. The highest BCUT2D eigenvalue weighted by Gasteiger charge is 2.24. The first-order valence-corrected chi connectivity index (χ1v) is 7.40. The summed E-state index contributed by atoms with van der Waals surface area (Å²) >= 11 is 0. The lowest BCUT2D eigenvalue weighted by Crippen LogP contribution is -2.37. The molecular weight excluding hydrogens is 220 g/mol. The number of nitrogens with zero attached hydrogens (tertiary/aromatic N) is 1. The average molecular weight is 244 g/mol. The number of benzene rings is 1. The number of piperidine rings is 1. The Morgan fingerprint density at radius 2 is 1.72 bits per heavy atom. The summed E-state index contributed by atoms with van der Waals surface area (Å²) in [7, 11) is 0. The summed E-state index contributed by atoms with van der Waals surface area (Å²) in [6.07, 6.45) is 5.55. The maximum atomic E-state index is 3.67. The number of likely N-dealkylation sites (tertiary alicyclic amines) is 1. The van der Waals surface area contributed by atoms with E-state index in [-0.39, 0.29) is 0 Å². The summed E-state index contributed by atoms with van der Waals surface area (Å²) in [5, 5.41) is 3.67. The van der Waals surface area contributed by atoms with E-state index in [0.29, 0.717) is 0 Å². The summed E-state index contributed by atoms with van der Waals surface area (Å²) in [6.45, 7) is 4.92. The van der Waals surface area contributed by atoms with E-state index in [0.717, 1.165) is 18.5 Å². The van der Waals surface area contributed by atoms with Crippen LogP contribution in [0.25, 0.3) is 0 Å². The van der Waals surface area contributed by atoms with Gasteiger partial charge in [-0.2, -0.15) is 0 Å². The fraction of sp³-hybridized carbons (Fsp3) is 0.625. The lowest BCUT2D eigenvalue weighted by atomic mass is 9.96. The second kappa shape index (κ2) is 5.85. The zero-order chi connectivity index (χ0) is 12.2. The Hall–Kier alpha value is -0.860. The Bertz CT molecular complexity index is 351. The molecule has 1 heterocycles. The third kappa shape index (κ3) is 3.56. The monoisotopic (exact) mass is 244 g/mol. The Morgan fingerprint density at radius 1 is 1.00 bits per heavy atom. The van der Waals surface area contributed by atoms with Gasteiger partial charge >= 0.3 is 0 Å². The first kappa shape index (κ1) is 12.2. The van der Waals surface area contributed by atoms with Crippen molar-refractivity contribution < 1.29 is 0 Å². The zero-order valence-corrected chi connectivity index (χ0v) is 11.1. The minimum atomic E-state index is 0.868. The number of nitrogens with one attached hydrogen (secondary N) is 1. The molecule has 1 aromatic rings. The standard InChI is InChI=1S/C16H24N2/c1-2-4-15(5-3-1)13-18-10-8-14(9-11-18)12-17-16-6-7-16/h1-5,14,16-17H,6-13H2. The molecule has 1 aliphatic carbocycles. The lowest BCUT2D eigenvalue weighted by Gasteiger charge is -2.32. The quantitative estimate of drug-likeness (QED) is 0.856. The molecule has 2 heteroatoms. The molecule has 0 bridgehead atoms. The first-order chi connectivity index (χ1) is 8.90. The van der Waals surface area contributed by atoms with Gasteiger partial charge in [0.2, 0.25) is 0 Å². The molecule has 3 rings (SSSR count). The lowest BCUT2D eigenvalue weighted by molar-refractivity contribution is 0.175. The molecule has 18 heavy (non-hydrogen) atoms. The van der Waals surface area contributed by atoms with Crippen molar-refractivity contribution in [3.63, 3.8) is 0 Å². The molecule has 1 saturated heterocycles. The molecule has 0 atom stereocenters. The summed E-state index contributed by atoms with van der Waals surface area (Å²) in [5.74, 6) is 0.914. The van der Waals surface area contributed by atoms with Crippen LogP contribution in [0.15, 0.2) is 30.3 Å². The highest BCUT2D eigenvalue weighted by Crippen LogP contribution is 2.22. The summed E-state index contributed by atoms with van der Waals surface area (Å²) in [4.78, 5) is 2.60. The van der Waals surface area contributed by atoms with Crippen LogP contribution < -0.4 is 5.32 Å². The molecule has 0 amide bonds.